The second-order valence-electron chi connectivity index (χ2n) is 7.03. The first-order chi connectivity index (χ1) is 8.17. The molecule has 1 aromatic carbocycles. The molecule has 1 rings (SSSR count). The molecule has 0 nitrogen and oxygen atoms in total. The smallest absolute Gasteiger partial charge is 0.0695 e. The lowest BCUT2D eigenvalue weighted by Gasteiger charge is -2.14. The summed E-state index contributed by atoms with van der Waals surface area (Å²) in [5.41, 5.74) is 7.68. The average molecular weight is 275 g/mol. The Bertz CT molecular complexity index is 428. The minimum Gasteiger partial charge on any atom is -0.0944 e. The molecule has 1 aromatic rings. The van der Waals surface area contributed by atoms with Crippen LogP contribution in [0.4, 0.5) is 0 Å². The van der Waals surface area contributed by atoms with Gasteiger partial charge in [-0.15, -0.1) is 0 Å². The standard InChI is InChI=1S/C16H26Si2/c1-17(2,3)13-12-16(14-18(4,5)6)15-10-8-7-9-11-15/h7-14H,1-6H3/b13-12-,16-14+. The summed E-state index contributed by atoms with van der Waals surface area (Å²) in [6.45, 7) is 14.3. The highest BCUT2D eigenvalue weighted by Crippen LogP contribution is 2.20. The summed E-state index contributed by atoms with van der Waals surface area (Å²) >= 11 is 0. The van der Waals surface area contributed by atoms with Gasteiger partial charge in [-0.3, -0.25) is 0 Å². The normalized spacial score (nSPS) is 14.2. The maximum absolute atomic E-state index is 2.50. The molecule has 0 spiro atoms. The molecule has 0 heterocycles. The van der Waals surface area contributed by atoms with Gasteiger partial charge in [0.2, 0.25) is 0 Å². The largest absolute Gasteiger partial charge is 0.0944 e. The third-order valence-electron chi connectivity index (χ3n) is 2.46. The predicted octanol–water partition coefficient (Wildman–Crippen LogP) is 5.38. The summed E-state index contributed by atoms with van der Waals surface area (Å²) in [4.78, 5) is 0. The third kappa shape index (κ3) is 6.17. The van der Waals surface area contributed by atoms with Gasteiger partial charge in [-0.05, 0) is 11.1 Å². The zero-order valence-electron chi connectivity index (χ0n) is 12.6. The Labute approximate surface area is 114 Å². The monoisotopic (exact) mass is 274 g/mol. The lowest BCUT2D eigenvalue weighted by molar-refractivity contribution is 1.61. The van der Waals surface area contributed by atoms with Crippen molar-refractivity contribution in [3.05, 3.63) is 53.4 Å². The topological polar surface area (TPSA) is 0 Å². The highest BCUT2D eigenvalue weighted by Gasteiger charge is 2.12. The molecule has 2 heteroatoms. The van der Waals surface area contributed by atoms with Crippen molar-refractivity contribution in [3.8, 4) is 0 Å². The van der Waals surface area contributed by atoms with Crippen LogP contribution in [-0.2, 0) is 0 Å². The first kappa shape index (κ1) is 15.2. The van der Waals surface area contributed by atoms with Gasteiger partial charge in [0, 0.05) is 0 Å². The molecule has 0 unspecified atom stereocenters. The van der Waals surface area contributed by atoms with Gasteiger partial charge in [-0.2, -0.15) is 0 Å². The minimum absolute atomic E-state index is 1.13. The predicted molar refractivity (Wildman–Crippen MR) is 90.3 cm³/mol. The van der Waals surface area contributed by atoms with Gasteiger partial charge in [-0.25, -0.2) is 0 Å². The first-order valence-electron chi connectivity index (χ1n) is 6.65. The van der Waals surface area contributed by atoms with E-state index < -0.39 is 16.1 Å². The Hall–Kier alpha value is -0.866. The number of allylic oxidation sites excluding steroid dienone is 2. The molecule has 0 saturated carbocycles. The molecular weight excluding hydrogens is 248 g/mol. The summed E-state index contributed by atoms with van der Waals surface area (Å²) in [5.74, 6) is 0. The van der Waals surface area contributed by atoms with Crippen molar-refractivity contribution in [1.29, 1.82) is 0 Å². The number of hydrogen-bond acceptors (Lipinski definition) is 0. The van der Waals surface area contributed by atoms with Gasteiger partial charge < -0.3 is 0 Å². The van der Waals surface area contributed by atoms with Crippen molar-refractivity contribution in [2.75, 3.05) is 0 Å². The summed E-state index contributed by atoms with van der Waals surface area (Å²) in [6, 6.07) is 10.7. The molecular formula is C16H26Si2. The van der Waals surface area contributed by atoms with Gasteiger partial charge >= 0.3 is 0 Å². The Morgan fingerprint density at radius 1 is 0.833 bits per heavy atom. The van der Waals surface area contributed by atoms with Gasteiger partial charge in [0.1, 0.15) is 0 Å². The molecule has 0 saturated heterocycles. The minimum atomic E-state index is -1.20. The van der Waals surface area contributed by atoms with Gasteiger partial charge in [-0.1, -0.05) is 87.1 Å². The van der Waals surface area contributed by atoms with Crippen LogP contribution in [0.3, 0.4) is 0 Å². The highest BCUT2D eigenvalue weighted by molar-refractivity contribution is 6.82. The molecule has 0 aliphatic heterocycles. The van der Waals surface area contributed by atoms with Crippen molar-refractivity contribution in [2.45, 2.75) is 39.3 Å². The van der Waals surface area contributed by atoms with E-state index in [1.54, 1.807) is 0 Å². The summed E-state index contributed by atoms with van der Waals surface area (Å²) in [6.07, 6.45) is 2.35. The van der Waals surface area contributed by atoms with E-state index in [0.29, 0.717) is 0 Å². The van der Waals surface area contributed by atoms with Crippen molar-refractivity contribution < 1.29 is 0 Å². The molecule has 98 valence electrons. The average Bonchev–Trinajstić information content (AvgIpc) is 2.23. The fourth-order valence-electron chi connectivity index (χ4n) is 1.66. The van der Waals surface area contributed by atoms with E-state index in [9.17, 15) is 0 Å². The zero-order valence-corrected chi connectivity index (χ0v) is 14.6. The van der Waals surface area contributed by atoms with Crippen LogP contribution in [0.1, 0.15) is 5.56 Å². The maximum Gasteiger partial charge on any atom is 0.0695 e. The van der Waals surface area contributed by atoms with E-state index in [-0.39, 0.29) is 0 Å². The summed E-state index contributed by atoms with van der Waals surface area (Å²) in [5, 5.41) is 0. The quantitative estimate of drug-likeness (QED) is 0.511. The molecule has 18 heavy (non-hydrogen) atoms. The van der Waals surface area contributed by atoms with E-state index in [0.717, 1.165) is 0 Å². The summed E-state index contributed by atoms with van der Waals surface area (Å²) < 4.78 is 0. The molecule has 0 bridgehead atoms. The molecule has 0 aliphatic rings. The molecule has 0 atom stereocenters. The number of rotatable bonds is 4. The van der Waals surface area contributed by atoms with Crippen LogP contribution in [0.2, 0.25) is 39.3 Å². The van der Waals surface area contributed by atoms with E-state index in [4.69, 9.17) is 0 Å². The van der Waals surface area contributed by atoms with Gasteiger partial charge in [0.05, 0.1) is 16.1 Å². The molecule has 0 fully saturated rings. The molecule has 0 radical (unpaired) electrons. The van der Waals surface area contributed by atoms with Gasteiger partial charge in [0.15, 0.2) is 0 Å². The van der Waals surface area contributed by atoms with Crippen LogP contribution >= 0.6 is 0 Å². The van der Waals surface area contributed by atoms with Crippen LogP contribution in [0.15, 0.2) is 47.8 Å². The second kappa shape index (κ2) is 5.85. The molecule has 0 aliphatic carbocycles. The Balaban J connectivity index is 3.13. The molecule has 0 N–H and O–H groups in total. The first-order valence-corrected chi connectivity index (χ1v) is 13.8. The Morgan fingerprint density at radius 2 is 1.39 bits per heavy atom. The fraction of sp³-hybridized carbons (Fsp3) is 0.375. The van der Waals surface area contributed by atoms with E-state index >= 15 is 0 Å². The highest BCUT2D eigenvalue weighted by atomic mass is 28.3. The summed E-state index contributed by atoms with van der Waals surface area (Å²) in [7, 11) is -2.33. The van der Waals surface area contributed by atoms with Crippen molar-refractivity contribution in [1.82, 2.24) is 0 Å². The van der Waals surface area contributed by atoms with Crippen LogP contribution in [0, 0.1) is 0 Å². The van der Waals surface area contributed by atoms with Crippen LogP contribution < -0.4 is 0 Å². The maximum atomic E-state index is 2.50. The van der Waals surface area contributed by atoms with Gasteiger partial charge in [0.25, 0.3) is 0 Å². The zero-order chi connectivity index (χ0) is 13.8. The molecule has 0 amide bonds. The van der Waals surface area contributed by atoms with Crippen molar-refractivity contribution >= 4 is 21.7 Å². The Kier molecular flexibility index (Phi) is 4.94. The van der Waals surface area contributed by atoms with Crippen molar-refractivity contribution in [2.24, 2.45) is 0 Å². The lowest BCUT2D eigenvalue weighted by atomic mass is 10.1. The number of benzene rings is 1. The fourth-order valence-corrected chi connectivity index (χ4v) is 3.54. The van der Waals surface area contributed by atoms with E-state index in [1.165, 1.54) is 11.1 Å². The Morgan fingerprint density at radius 3 is 1.83 bits per heavy atom. The SMILES string of the molecule is C[Si](C)(C)/C=C\C(=C/[Si](C)(C)C)c1ccccc1. The number of hydrogen-bond donors (Lipinski definition) is 0. The third-order valence-corrected chi connectivity index (χ3v) is 4.80. The van der Waals surface area contributed by atoms with Crippen LogP contribution in [-0.4, -0.2) is 16.1 Å². The molecule has 0 aromatic heterocycles. The van der Waals surface area contributed by atoms with Crippen LogP contribution in [0.5, 0.6) is 0 Å². The van der Waals surface area contributed by atoms with Crippen LogP contribution in [0.25, 0.3) is 5.57 Å². The lowest BCUT2D eigenvalue weighted by Crippen LogP contribution is -2.17. The van der Waals surface area contributed by atoms with E-state index in [2.05, 4.69) is 87.1 Å². The van der Waals surface area contributed by atoms with Crippen molar-refractivity contribution in [3.63, 3.8) is 0 Å². The second-order valence-corrected chi connectivity index (χ2v) is 17.1. The van der Waals surface area contributed by atoms with E-state index in [1.807, 2.05) is 0 Å².